The van der Waals surface area contributed by atoms with Crippen molar-refractivity contribution in [3.05, 3.63) is 45.1 Å². The van der Waals surface area contributed by atoms with E-state index in [1.165, 1.54) is 32.2 Å². The first-order chi connectivity index (χ1) is 11.7. The summed E-state index contributed by atoms with van der Waals surface area (Å²) in [6, 6.07) is 3.99. The summed E-state index contributed by atoms with van der Waals surface area (Å²) in [7, 11) is 1.19. The Labute approximate surface area is 143 Å². The number of anilines is 1. The highest BCUT2D eigenvalue weighted by Gasteiger charge is 2.36. The van der Waals surface area contributed by atoms with Gasteiger partial charge in [0, 0.05) is 29.9 Å². The van der Waals surface area contributed by atoms with Crippen LogP contribution >= 0.6 is 0 Å². The predicted octanol–water partition coefficient (Wildman–Crippen LogP) is 1.42. The van der Waals surface area contributed by atoms with Crippen LogP contribution in [0.5, 0.6) is 0 Å². The second-order valence-electron chi connectivity index (χ2n) is 5.58. The van der Waals surface area contributed by atoms with Crippen LogP contribution in [0.4, 0.5) is 11.4 Å². The molecule has 0 aliphatic carbocycles. The van der Waals surface area contributed by atoms with Gasteiger partial charge in [-0.25, -0.2) is 4.79 Å². The van der Waals surface area contributed by atoms with E-state index in [-0.39, 0.29) is 29.3 Å². The number of benzene rings is 1. The maximum absolute atomic E-state index is 12.6. The second kappa shape index (κ2) is 7.12. The number of hydrogen-bond donors (Lipinski definition) is 2. The first-order valence-corrected chi connectivity index (χ1v) is 7.39. The predicted molar refractivity (Wildman–Crippen MR) is 87.4 cm³/mol. The van der Waals surface area contributed by atoms with Gasteiger partial charge in [0.05, 0.1) is 23.5 Å². The van der Waals surface area contributed by atoms with Gasteiger partial charge in [0.1, 0.15) is 0 Å². The molecule has 2 rings (SSSR count). The molecule has 1 aliphatic heterocycles. The van der Waals surface area contributed by atoms with Gasteiger partial charge in [0.15, 0.2) is 0 Å². The number of rotatable bonds is 4. The lowest BCUT2D eigenvalue weighted by atomic mass is 9.89. The van der Waals surface area contributed by atoms with E-state index >= 15 is 0 Å². The minimum absolute atomic E-state index is 0.0826. The van der Waals surface area contributed by atoms with Gasteiger partial charge < -0.3 is 15.4 Å². The number of amides is 2. The number of nitro benzene ring substituents is 1. The van der Waals surface area contributed by atoms with Crippen LogP contribution < -0.4 is 10.6 Å². The third-order valence-corrected chi connectivity index (χ3v) is 3.87. The maximum Gasteiger partial charge on any atom is 0.336 e. The molecule has 0 spiro atoms. The highest BCUT2D eigenvalue weighted by atomic mass is 16.6. The monoisotopic (exact) mass is 347 g/mol. The number of carbonyl (C=O) groups is 3. The van der Waals surface area contributed by atoms with Gasteiger partial charge in [0.2, 0.25) is 11.8 Å². The van der Waals surface area contributed by atoms with Crippen molar-refractivity contribution in [3.63, 3.8) is 0 Å². The van der Waals surface area contributed by atoms with E-state index in [2.05, 4.69) is 15.4 Å². The lowest BCUT2D eigenvalue weighted by molar-refractivity contribution is -0.384. The molecule has 25 heavy (non-hydrogen) atoms. The first kappa shape index (κ1) is 18.1. The van der Waals surface area contributed by atoms with Gasteiger partial charge in [-0.15, -0.1) is 0 Å². The second-order valence-corrected chi connectivity index (χ2v) is 5.58. The lowest BCUT2D eigenvalue weighted by Gasteiger charge is -2.25. The van der Waals surface area contributed by atoms with Crippen LogP contribution in [0.1, 0.15) is 18.9 Å². The van der Waals surface area contributed by atoms with Crippen molar-refractivity contribution in [2.75, 3.05) is 12.4 Å². The standard InChI is InChI=1S/C16H17N3O6/c1-8-6-10(19(23)24)4-5-12(8)18-15(21)11-7-13(20)17-9(2)14(11)16(22)25-3/h4-6,11H,7H2,1-3H3,(H,17,20)(H,18,21)/t11-/m0/s1. The Morgan fingerprint density at radius 3 is 2.60 bits per heavy atom. The van der Waals surface area contributed by atoms with E-state index in [1.54, 1.807) is 6.92 Å². The van der Waals surface area contributed by atoms with Crippen molar-refractivity contribution in [3.8, 4) is 0 Å². The molecule has 2 amide bonds. The molecule has 0 aromatic heterocycles. The quantitative estimate of drug-likeness (QED) is 0.482. The SMILES string of the molecule is COC(=O)C1=C(C)NC(=O)C[C@@H]1C(=O)Nc1ccc([N+](=O)[O-])cc1C. The Morgan fingerprint density at radius 2 is 2.04 bits per heavy atom. The topological polar surface area (TPSA) is 128 Å². The molecule has 2 N–H and O–H groups in total. The Kier molecular flexibility index (Phi) is 5.16. The molecular formula is C16H17N3O6. The summed E-state index contributed by atoms with van der Waals surface area (Å²) in [5.74, 6) is -2.65. The van der Waals surface area contributed by atoms with Crippen molar-refractivity contribution >= 4 is 29.2 Å². The van der Waals surface area contributed by atoms with Crippen molar-refractivity contribution in [2.45, 2.75) is 20.3 Å². The van der Waals surface area contributed by atoms with Crippen LogP contribution in [-0.2, 0) is 19.1 Å². The molecule has 0 saturated heterocycles. The average molecular weight is 347 g/mol. The van der Waals surface area contributed by atoms with E-state index < -0.39 is 22.7 Å². The molecule has 132 valence electrons. The first-order valence-electron chi connectivity index (χ1n) is 7.39. The summed E-state index contributed by atoms with van der Waals surface area (Å²) in [6.45, 7) is 3.12. The zero-order chi connectivity index (χ0) is 18.7. The molecule has 9 heteroatoms. The zero-order valence-electron chi connectivity index (χ0n) is 13.9. The molecule has 0 unspecified atom stereocenters. The van der Waals surface area contributed by atoms with E-state index in [0.717, 1.165) is 0 Å². The minimum atomic E-state index is -1.00. The summed E-state index contributed by atoms with van der Waals surface area (Å²) >= 11 is 0. The van der Waals surface area contributed by atoms with Crippen LogP contribution in [0.25, 0.3) is 0 Å². The number of methoxy groups -OCH3 is 1. The Bertz CT molecular complexity index is 799. The number of carbonyl (C=O) groups excluding carboxylic acids is 3. The number of nitrogens with one attached hydrogen (secondary N) is 2. The number of esters is 1. The molecule has 0 saturated carbocycles. The van der Waals surface area contributed by atoms with Crippen LogP contribution in [-0.4, -0.2) is 29.8 Å². The molecule has 0 bridgehead atoms. The maximum atomic E-state index is 12.6. The normalized spacial score (nSPS) is 16.9. The minimum Gasteiger partial charge on any atom is -0.466 e. The summed E-state index contributed by atoms with van der Waals surface area (Å²) in [4.78, 5) is 46.5. The van der Waals surface area contributed by atoms with Crippen LogP contribution in [0.2, 0.25) is 0 Å². The van der Waals surface area contributed by atoms with Crippen molar-refractivity contribution < 1.29 is 24.0 Å². The molecule has 0 fully saturated rings. The molecule has 1 heterocycles. The lowest BCUT2D eigenvalue weighted by Crippen LogP contribution is -2.40. The van der Waals surface area contributed by atoms with Gasteiger partial charge in [-0.3, -0.25) is 19.7 Å². The fourth-order valence-electron chi connectivity index (χ4n) is 2.63. The molecule has 1 aromatic rings. The molecule has 1 atom stereocenters. The number of allylic oxidation sites excluding steroid dienone is 1. The smallest absolute Gasteiger partial charge is 0.336 e. The summed E-state index contributed by atoms with van der Waals surface area (Å²) in [5.41, 5.74) is 1.10. The Hall–Kier alpha value is -3.23. The van der Waals surface area contributed by atoms with Crippen LogP contribution in [0.15, 0.2) is 29.5 Å². The van der Waals surface area contributed by atoms with Crippen LogP contribution in [0.3, 0.4) is 0 Å². The average Bonchev–Trinajstić information content (AvgIpc) is 2.55. The van der Waals surface area contributed by atoms with Gasteiger partial charge in [0.25, 0.3) is 5.69 Å². The van der Waals surface area contributed by atoms with Crippen LogP contribution in [0, 0.1) is 23.0 Å². The van der Waals surface area contributed by atoms with Crippen molar-refractivity contribution in [1.82, 2.24) is 5.32 Å². The number of aryl methyl sites for hydroxylation is 1. The molecule has 9 nitrogen and oxygen atoms in total. The zero-order valence-corrected chi connectivity index (χ0v) is 13.9. The third kappa shape index (κ3) is 3.82. The molecular weight excluding hydrogens is 330 g/mol. The van der Waals surface area contributed by atoms with E-state index in [1.807, 2.05) is 0 Å². The summed E-state index contributed by atoms with van der Waals surface area (Å²) in [6.07, 6.45) is -0.195. The summed E-state index contributed by atoms with van der Waals surface area (Å²) in [5, 5.41) is 15.9. The van der Waals surface area contributed by atoms with E-state index in [4.69, 9.17) is 0 Å². The van der Waals surface area contributed by atoms with Gasteiger partial charge in [-0.05, 0) is 25.5 Å². The van der Waals surface area contributed by atoms with Crippen molar-refractivity contribution in [1.29, 1.82) is 0 Å². The fourth-order valence-corrected chi connectivity index (χ4v) is 2.63. The van der Waals surface area contributed by atoms with Gasteiger partial charge in [-0.2, -0.15) is 0 Å². The number of nitro groups is 1. The van der Waals surface area contributed by atoms with Gasteiger partial charge >= 0.3 is 5.97 Å². The summed E-state index contributed by atoms with van der Waals surface area (Å²) < 4.78 is 4.69. The van der Waals surface area contributed by atoms with Crippen molar-refractivity contribution in [2.24, 2.45) is 5.92 Å². The third-order valence-electron chi connectivity index (χ3n) is 3.87. The molecule has 1 aromatic carbocycles. The number of non-ortho nitro benzene ring substituents is 1. The van der Waals surface area contributed by atoms with E-state index in [9.17, 15) is 24.5 Å². The fraction of sp³-hybridized carbons (Fsp3) is 0.312. The van der Waals surface area contributed by atoms with E-state index in [0.29, 0.717) is 11.3 Å². The molecule has 1 aliphatic rings. The Morgan fingerprint density at radius 1 is 1.36 bits per heavy atom. The molecule has 0 radical (unpaired) electrons. The van der Waals surface area contributed by atoms with Gasteiger partial charge in [-0.1, -0.05) is 0 Å². The Balaban J connectivity index is 2.30. The number of hydrogen-bond acceptors (Lipinski definition) is 6. The number of nitrogens with zero attached hydrogens (tertiary/aromatic N) is 1. The number of ether oxygens (including phenoxy) is 1. The largest absolute Gasteiger partial charge is 0.466 e. The highest BCUT2D eigenvalue weighted by molar-refractivity contribution is 6.06. The highest BCUT2D eigenvalue weighted by Crippen LogP contribution is 2.27.